The average Bonchev–Trinajstić information content (AvgIpc) is 2.53. The number of hydrogen-bond acceptors (Lipinski definition) is 3. The number of urea groups is 1. The van der Waals surface area contributed by atoms with Crippen molar-refractivity contribution in [2.45, 2.75) is 32.2 Å². The van der Waals surface area contributed by atoms with Crippen LogP contribution in [0.15, 0.2) is 36.4 Å². The van der Waals surface area contributed by atoms with Crippen LogP contribution in [-0.2, 0) is 0 Å². The van der Waals surface area contributed by atoms with E-state index in [9.17, 15) is 9.90 Å². The largest absolute Gasteiger partial charge is 0.487 e. The van der Waals surface area contributed by atoms with Crippen LogP contribution in [0.5, 0.6) is 5.75 Å². The molecule has 2 N–H and O–H groups in total. The number of carbonyl (C=O) groups excluding carboxylic acids is 1. The van der Waals surface area contributed by atoms with Crippen LogP contribution < -0.4 is 10.1 Å². The number of nitrogens with one attached hydrogen (secondary N) is 1. The summed E-state index contributed by atoms with van der Waals surface area (Å²) in [6.45, 7) is 6.78. The Morgan fingerprint density at radius 2 is 2.23 bits per heavy atom. The topological polar surface area (TPSA) is 61.8 Å². The third-order valence-electron chi connectivity index (χ3n) is 3.70. The Hall–Kier alpha value is -2.01. The second kappa shape index (κ2) is 7.84. The second-order valence-electron chi connectivity index (χ2n) is 5.70. The molecule has 1 atom stereocenters. The number of benzene rings is 1. The van der Waals surface area contributed by atoms with Crippen molar-refractivity contribution >= 4 is 11.7 Å². The Morgan fingerprint density at radius 1 is 1.45 bits per heavy atom. The van der Waals surface area contributed by atoms with E-state index in [1.54, 1.807) is 4.90 Å². The normalized spacial score (nSPS) is 17.9. The van der Waals surface area contributed by atoms with E-state index >= 15 is 0 Å². The summed E-state index contributed by atoms with van der Waals surface area (Å²) in [7, 11) is 0. The minimum atomic E-state index is -0.190. The van der Waals surface area contributed by atoms with Gasteiger partial charge >= 0.3 is 6.03 Å². The van der Waals surface area contributed by atoms with Gasteiger partial charge in [0.1, 0.15) is 12.4 Å². The molecular weight excluding hydrogens is 280 g/mol. The molecule has 5 heteroatoms. The van der Waals surface area contributed by atoms with Gasteiger partial charge < -0.3 is 20.1 Å². The highest BCUT2D eigenvalue weighted by Gasteiger charge is 2.26. The van der Waals surface area contributed by atoms with E-state index in [1.165, 1.54) is 0 Å². The van der Waals surface area contributed by atoms with Crippen molar-refractivity contribution < 1.29 is 14.6 Å². The highest BCUT2D eigenvalue weighted by Crippen LogP contribution is 2.25. The Bertz CT molecular complexity index is 530. The Labute approximate surface area is 131 Å². The fourth-order valence-corrected chi connectivity index (χ4v) is 2.54. The van der Waals surface area contributed by atoms with E-state index in [1.807, 2.05) is 31.2 Å². The number of amides is 2. The van der Waals surface area contributed by atoms with Gasteiger partial charge in [0.25, 0.3) is 0 Å². The molecule has 1 fully saturated rings. The molecule has 0 spiro atoms. The zero-order valence-corrected chi connectivity index (χ0v) is 13.0. The SMILES string of the molecule is C=C(C)COc1ccccc1NC(=O)N1CCCC[C@@H]1CO. The number of nitrogens with zero attached hydrogens (tertiary/aromatic N) is 1. The predicted molar refractivity (Wildman–Crippen MR) is 87.2 cm³/mol. The number of piperidine rings is 1. The smallest absolute Gasteiger partial charge is 0.322 e. The summed E-state index contributed by atoms with van der Waals surface area (Å²) in [4.78, 5) is 14.2. The molecule has 1 heterocycles. The molecule has 2 amide bonds. The molecule has 120 valence electrons. The van der Waals surface area contributed by atoms with Gasteiger partial charge in [-0.2, -0.15) is 0 Å². The minimum absolute atomic E-state index is 0.00122. The zero-order chi connectivity index (χ0) is 15.9. The Balaban J connectivity index is 2.05. The molecule has 2 rings (SSSR count). The van der Waals surface area contributed by atoms with Crippen LogP contribution >= 0.6 is 0 Å². The van der Waals surface area contributed by atoms with Crippen molar-refractivity contribution in [3.8, 4) is 5.75 Å². The van der Waals surface area contributed by atoms with Crippen LogP contribution in [-0.4, -0.2) is 41.8 Å². The average molecular weight is 304 g/mol. The molecule has 0 aliphatic carbocycles. The van der Waals surface area contributed by atoms with Crippen LogP contribution in [0.2, 0.25) is 0 Å². The molecule has 1 saturated heterocycles. The summed E-state index contributed by atoms with van der Waals surface area (Å²) >= 11 is 0. The van der Waals surface area contributed by atoms with E-state index in [0.717, 1.165) is 24.8 Å². The van der Waals surface area contributed by atoms with Gasteiger partial charge in [-0.05, 0) is 43.9 Å². The maximum Gasteiger partial charge on any atom is 0.322 e. The molecule has 0 saturated carbocycles. The van der Waals surface area contributed by atoms with Crippen LogP contribution in [0.3, 0.4) is 0 Å². The first kappa shape index (κ1) is 16.4. The van der Waals surface area contributed by atoms with Crippen molar-refractivity contribution in [1.29, 1.82) is 0 Å². The van der Waals surface area contributed by atoms with E-state index < -0.39 is 0 Å². The Morgan fingerprint density at radius 3 is 2.95 bits per heavy atom. The van der Waals surface area contributed by atoms with Crippen LogP contribution in [0.1, 0.15) is 26.2 Å². The maximum absolute atomic E-state index is 12.5. The summed E-state index contributed by atoms with van der Waals surface area (Å²) in [6, 6.07) is 7.05. The number of para-hydroxylation sites is 2. The quantitative estimate of drug-likeness (QED) is 0.822. The molecule has 1 aliphatic heterocycles. The number of aliphatic hydroxyl groups is 1. The highest BCUT2D eigenvalue weighted by atomic mass is 16.5. The molecule has 1 aliphatic rings. The van der Waals surface area contributed by atoms with Crippen molar-refractivity contribution in [2.24, 2.45) is 0 Å². The van der Waals surface area contributed by atoms with E-state index in [4.69, 9.17) is 4.74 Å². The van der Waals surface area contributed by atoms with E-state index in [-0.39, 0.29) is 18.7 Å². The maximum atomic E-state index is 12.5. The van der Waals surface area contributed by atoms with Gasteiger partial charge in [-0.3, -0.25) is 0 Å². The molecule has 0 radical (unpaired) electrons. The number of likely N-dealkylation sites (tertiary alicyclic amines) is 1. The fourth-order valence-electron chi connectivity index (χ4n) is 2.54. The summed E-state index contributed by atoms with van der Waals surface area (Å²) in [5.41, 5.74) is 1.55. The monoisotopic (exact) mass is 304 g/mol. The summed E-state index contributed by atoms with van der Waals surface area (Å²) in [6.07, 6.45) is 2.86. The van der Waals surface area contributed by atoms with E-state index in [2.05, 4.69) is 11.9 Å². The second-order valence-corrected chi connectivity index (χ2v) is 5.70. The summed E-state index contributed by atoms with van der Waals surface area (Å²) in [5, 5.41) is 12.3. The van der Waals surface area contributed by atoms with Crippen molar-refractivity contribution in [2.75, 3.05) is 25.1 Å². The number of anilines is 1. The summed E-state index contributed by atoms with van der Waals surface area (Å²) in [5.74, 6) is 0.622. The van der Waals surface area contributed by atoms with E-state index in [0.29, 0.717) is 24.6 Å². The number of carbonyl (C=O) groups is 1. The third-order valence-corrected chi connectivity index (χ3v) is 3.70. The molecule has 0 unspecified atom stereocenters. The van der Waals surface area contributed by atoms with Gasteiger partial charge in [0.15, 0.2) is 0 Å². The lowest BCUT2D eigenvalue weighted by Gasteiger charge is -2.34. The number of ether oxygens (including phenoxy) is 1. The third kappa shape index (κ3) is 4.24. The van der Waals surface area contributed by atoms with Crippen LogP contribution in [0, 0.1) is 0 Å². The number of rotatable bonds is 5. The first-order valence-corrected chi connectivity index (χ1v) is 7.66. The minimum Gasteiger partial charge on any atom is -0.487 e. The number of hydrogen-bond donors (Lipinski definition) is 2. The molecule has 1 aromatic carbocycles. The number of aliphatic hydroxyl groups excluding tert-OH is 1. The van der Waals surface area contributed by atoms with Crippen molar-refractivity contribution in [3.63, 3.8) is 0 Å². The predicted octanol–water partition coefficient (Wildman–Crippen LogP) is 3.02. The molecule has 1 aromatic rings. The highest BCUT2D eigenvalue weighted by molar-refractivity contribution is 5.91. The Kier molecular flexibility index (Phi) is 5.83. The lowest BCUT2D eigenvalue weighted by Crippen LogP contribution is -2.47. The van der Waals surface area contributed by atoms with Gasteiger partial charge in [0, 0.05) is 6.54 Å². The van der Waals surface area contributed by atoms with Gasteiger partial charge in [-0.25, -0.2) is 4.79 Å². The molecule has 22 heavy (non-hydrogen) atoms. The lowest BCUT2D eigenvalue weighted by molar-refractivity contribution is 0.115. The molecule has 0 bridgehead atoms. The van der Waals surface area contributed by atoms with Gasteiger partial charge in [-0.15, -0.1) is 0 Å². The standard InChI is InChI=1S/C17H24N2O3/c1-13(2)12-22-16-9-4-3-8-15(16)18-17(21)19-10-6-5-7-14(19)11-20/h3-4,8-9,14,20H,1,5-7,10-12H2,2H3,(H,18,21)/t14-/m1/s1. The fraction of sp³-hybridized carbons (Fsp3) is 0.471. The van der Waals surface area contributed by atoms with Gasteiger partial charge in [0.2, 0.25) is 0 Å². The summed E-state index contributed by atoms with van der Waals surface area (Å²) < 4.78 is 5.66. The van der Waals surface area contributed by atoms with Crippen molar-refractivity contribution in [3.05, 3.63) is 36.4 Å². The first-order valence-electron chi connectivity index (χ1n) is 7.66. The van der Waals surface area contributed by atoms with Crippen LogP contribution in [0.4, 0.5) is 10.5 Å². The van der Waals surface area contributed by atoms with Crippen molar-refractivity contribution in [1.82, 2.24) is 4.90 Å². The van der Waals surface area contributed by atoms with Gasteiger partial charge in [0.05, 0.1) is 18.3 Å². The molecule has 0 aromatic heterocycles. The lowest BCUT2D eigenvalue weighted by atomic mass is 10.0. The molecular formula is C17H24N2O3. The molecule has 5 nitrogen and oxygen atoms in total. The first-order chi connectivity index (χ1) is 10.6. The zero-order valence-electron chi connectivity index (χ0n) is 13.0. The van der Waals surface area contributed by atoms with Gasteiger partial charge in [-0.1, -0.05) is 18.7 Å². The van der Waals surface area contributed by atoms with Crippen LogP contribution in [0.25, 0.3) is 0 Å².